The highest BCUT2D eigenvalue weighted by Crippen LogP contribution is 2.31. The summed E-state index contributed by atoms with van der Waals surface area (Å²) in [5.74, 6) is 0.525. The van der Waals surface area contributed by atoms with E-state index in [0.717, 1.165) is 0 Å². The van der Waals surface area contributed by atoms with Gasteiger partial charge in [-0.1, -0.05) is 24.4 Å². The van der Waals surface area contributed by atoms with Crippen molar-refractivity contribution in [1.82, 2.24) is 15.0 Å². The number of nitrogens with zero attached hydrogens (tertiary/aromatic N) is 1. The summed E-state index contributed by atoms with van der Waals surface area (Å²) < 4.78 is 6.50. The van der Waals surface area contributed by atoms with Crippen molar-refractivity contribution in [3.8, 4) is 17.4 Å². The number of nitriles is 1. The van der Waals surface area contributed by atoms with Gasteiger partial charge >= 0.3 is 0 Å². The lowest BCUT2D eigenvalue weighted by atomic mass is 10.1. The van der Waals surface area contributed by atoms with E-state index in [2.05, 4.69) is 21.0 Å². The molecule has 0 unspecified atom stereocenters. The van der Waals surface area contributed by atoms with Crippen LogP contribution >= 0.6 is 36.7 Å². The monoisotopic (exact) mass is 318 g/mol. The Balaban J connectivity index is 2.66. The zero-order chi connectivity index (χ0) is 14.3. The van der Waals surface area contributed by atoms with Gasteiger partial charge in [0.25, 0.3) is 0 Å². The van der Waals surface area contributed by atoms with Crippen molar-refractivity contribution in [2.45, 2.75) is 0 Å². The average Bonchev–Trinajstić information content (AvgIpc) is 2.90. The Morgan fingerprint density at radius 2 is 1.90 bits per heavy atom. The fourth-order valence-electron chi connectivity index (χ4n) is 2.01. The van der Waals surface area contributed by atoms with Gasteiger partial charge < -0.3 is 19.4 Å². The first kappa shape index (κ1) is 12.9. The Morgan fingerprint density at radius 3 is 2.55 bits per heavy atom. The van der Waals surface area contributed by atoms with Gasteiger partial charge in [-0.2, -0.15) is 5.26 Å². The van der Waals surface area contributed by atoms with Crippen LogP contribution in [0.3, 0.4) is 0 Å². The van der Waals surface area contributed by atoms with E-state index >= 15 is 0 Å². The van der Waals surface area contributed by atoms with E-state index in [1.165, 1.54) is 6.26 Å². The largest absolute Gasteiger partial charge is 0.464 e. The lowest BCUT2D eigenvalue weighted by molar-refractivity contribution is 0.582. The van der Waals surface area contributed by atoms with Crippen molar-refractivity contribution in [1.29, 1.82) is 5.26 Å². The molecule has 0 bridgehead atoms. The molecule has 0 radical (unpaired) electrons. The van der Waals surface area contributed by atoms with Crippen molar-refractivity contribution in [2.24, 2.45) is 0 Å². The molecule has 0 saturated heterocycles. The summed E-state index contributed by atoms with van der Waals surface area (Å²) >= 11 is 15.6. The van der Waals surface area contributed by atoms with Crippen LogP contribution in [0.2, 0.25) is 0 Å². The molecule has 0 aliphatic carbocycles. The molecule has 0 aromatic carbocycles. The Morgan fingerprint density at radius 1 is 1.10 bits per heavy atom. The van der Waals surface area contributed by atoms with Crippen LogP contribution in [0.4, 0.5) is 0 Å². The first-order valence-electron chi connectivity index (χ1n) is 5.48. The standard InChI is InChI=1S/C12H6N4OS3/c13-4-5-7(6-2-1-3-17-6)8-9(14-10(5)18)15-12(20)16-11(8)19/h1-3H,(H3,14,15,16,18,19,20). The third kappa shape index (κ3) is 1.92. The SMILES string of the molecule is N#Cc1c(-c2ccco2)c2c(=S)[nH]c(=S)[nH]c2[nH]c1=S. The Labute approximate surface area is 127 Å². The minimum atomic E-state index is 0.303. The van der Waals surface area contributed by atoms with Crippen molar-refractivity contribution >= 4 is 47.7 Å². The fourth-order valence-corrected chi connectivity index (χ4v) is 2.83. The molecule has 0 amide bonds. The smallest absolute Gasteiger partial charge is 0.177 e. The number of aromatic nitrogens is 3. The molecule has 0 fully saturated rings. The predicted molar refractivity (Wildman–Crippen MR) is 81.9 cm³/mol. The number of rotatable bonds is 1. The number of hydrogen-bond donors (Lipinski definition) is 3. The third-order valence-electron chi connectivity index (χ3n) is 2.79. The normalized spacial score (nSPS) is 10.6. The van der Waals surface area contributed by atoms with Crippen LogP contribution in [0.15, 0.2) is 22.8 Å². The summed E-state index contributed by atoms with van der Waals surface area (Å²) in [6.45, 7) is 0. The van der Waals surface area contributed by atoms with Gasteiger partial charge in [-0.15, -0.1) is 0 Å². The van der Waals surface area contributed by atoms with Crippen molar-refractivity contribution in [2.75, 3.05) is 0 Å². The van der Waals surface area contributed by atoms with E-state index < -0.39 is 0 Å². The molecular weight excluding hydrogens is 312 g/mol. The molecule has 20 heavy (non-hydrogen) atoms. The predicted octanol–water partition coefficient (Wildman–Crippen LogP) is 4.14. The number of furan rings is 1. The lowest BCUT2D eigenvalue weighted by Crippen LogP contribution is -1.96. The van der Waals surface area contributed by atoms with Crippen LogP contribution in [-0.4, -0.2) is 15.0 Å². The number of fused-ring (bicyclic) bond motifs is 1. The maximum atomic E-state index is 9.35. The van der Waals surface area contributed by atoms with Gasteiger partial charge in [0.15, 0.2) is 4.77 Å². The molecule has 0 aliphatic rings. The molecule has 5 nitrogen and oxygen atoms in total. The van der Waals surface area contributed by atoms with E-state index in [1.807, 2.05) is 0 Å². The Kier molecular flexibility index (Phi) is 3.10. The van der Waals surface area contributed by atoms with E-state index in [0.29, 0.717) is 42.0 Å². The van der Waals surface area contributed by atoms with E-state index in [1.54, 1.807) is 12.1 Å². The van der Waals surface area contributed by atoms with E-state index in [9.17, 15) is 5.26 Å². The maximum Gasteiger partial charge on any atom is 0.177 e. The second-order valence-corrected chi connectivity index (χ2v) is 5.18. The van der Waals surface area contributed by atoms with Crippen LogP contribution in [0.1, 0.15) is 5.56 Å². The van der Waals surface area contributed by atoms with Gasteiger partial charge in [0.05, 0.1) is 22.8 Å². The number of hydrogen-bond acceptors (Lipinski definition) is 5. The highest BCUT2D eigenvalue weighted by atomic mass is 32.1. The zero-order valence-corrected chi connectivity index (χ0v) is 12.3. The van der Waals surface area contributed by atoms with Gasteiger partial charge in [0.2, 0.25) is 0 Å². The highest BCUT2D eigenvalue weighted by molar-refractivity contribution is 7.72. The van der Waals surface area contributed by atoms with Crippen LogP contribution in [0, 0.1) is 25.4 Å². The summed E-state index contributed by atoms with van der Waals surface area (Å²) in [4.78, 5) is 8.73. The minimum absolute atomic E-state index is 0.303. The third-order valence-corrected chi connectivity index (χ3v) is 3.60. The van der Waals surface area contributed by atoms with Crippen LogP contribution in [-0.2, 0) is 0 Å². The van der Waals surface area contributed by atoms with E-state index in [4.69, 9.17) is 41.1 Å². The Bertz CT molecular complexity index is 1020. The molecule has 0 spiro atoms. The number of H-pyrrole nitrogens is 3. The summed E-state index contributed by atoms with van der Waals surface area (Å²) in [6.07, 6.45) is 1.53. The molecule has 0 atom stereocenters. The lowest BCUT2D eigenvalue weighted by Gasteiger charge is -2.07. The number of pyridine rings is 1. The molecule has 3 aromatic heterocycles. The van der Waals surface area contributed by atoms with Crippen LogP contribution < -0.4 is 0 Å². The highest BCUT2D eigenvalue weighted by Gasteiger charge is 2.16. The van der Waals surface area contributed by atoms with Gasteiger partial charge in [0, 0.05) is 0 Å². The van der Waals surface area contributed by atoms with Crippen molar-refractivity contribution in [3.05, 3.63) is 38.0 Å². The fraction of sp³-hybridized carbons (Fsp3) is 0. The topological polar surface area (TPSA) is 84.3 Å². The minimum Gasteiger partial charge on any atom is -0.464 e. The molecular formula is C12H6N4OS3. The number of nitrogens with one attached hydrogen (secondary N) is 3. The van der Waals surface area contributed by atoms with Crippen molar-refractivity contribution in [3.63, 3.8) is 0 Å². The molecule has 0 saturated carbocycles. The quantitative estimate of drug-likeness (QED) is 0.587. The van der Waals surface area contributed by atoms with Crippen LogP contribution in [0.5, 0.6) is 0 Å². The molecule has 3 aromatic rings. The maximum absolute atomic E-state index is 9.35. The second-order valence-electron chi connectivity index (χ2n) is 3.95. The zero-order valence-electron chi connectivity index (χ0n) is 9.81. The molecule has 98 valence electrons. The first-order chi connectivity index (χ1) is 9.61. The summed E-state index contributed by atoms with van der Waals surface area (Å²) in [6, 6.07) is 5.58. The van der Waals surface area contributed by atoms with Gasteiger partial charge in [-0.05, 0) is 24.4 Å². The summed E-state index contributed by atoms with van der Waals surface area (Å²) in [5, 5.41) is 9.97. The van der Waals surface area contributed by atoms with Gasteiger partial charge in [-0.25, -0.2) is 0 Å². The molecule has 0 aliphatic heterocycles. The van der Waals surface area contributed by atoms with Gasteiger partial charge in [0.1, 0.15) is 26.8 Å². The summed E-state index contributed by atoms with van der Waals surface area (Å²) in [5.41, 5.74) is 1.44. The van der Waals surface area contributed by atoms with Gasteiger partial charge in [-0.3, -0.25) is 0 Å². The number of aromatic amines is 3. The molecule has 8 heteroatoms. The second kappa shape index (κ2) is 4.79. The molecule has 3 rings (SSSR count). The van der Waals surface area contributed by atoms with Crippen LogP contribution in [0.25, 0.3) is 22.4 Å². The Hall–Kier alpha value is -2.08. The average molecular weight is 318 g/mol. The molecule has 3 heterocycles. The first-order valence-corrected chi connectivity index (χ1v) is 6.71. The molecule has 3 N–H and O–H groups in total. The summed E-state index contributed by atoms with van der Waals surface area (Å²) in [7, 11) is 0. The van der Waals surface area contributed by atoms with E-state index in [-0.39, 0.29) is 0 Å². The van der Waals surface area contributed by atoms with Crippen molar-refractivity contribution < 1.29 is 4.42 Å².